The van der Waals surface area contributed by atoms with Gasteiger partial charge < -0.3 is 9.55 Å². The summed E-state index contributed by atoms with van der Waals surface area (Å²) in [6, 6.07) is 7.93. The van der Waals surface area contributed by atoms with Gasteiger partial charge in [-0.3, -0.25) is 14.6 Å². The molecule has 26 heavy (non-hydrogen) atoms. The molecule has 134 valence electrons. The molecule has 3 aromatic rings. The van der Waals surface area contributed by atoms with Gasteiger partial charge in [0.25, 0.3) is 5.56 Å². The summed E-state index contributed by atoms with van der Waals surface area (Å²) in [5.41, 5.74) is 4.85. The smallest absolute Gasteiger partial charge is 0.325 e. The van der Waals surface area contributed by atoms with Crippen molar-refractivity contribution in [3.8, 4) is 0 Å². The van der Waals surface area contributed by atoms with Crippen molar-refractivity contribution in [3.63, 3.8) is 0 Å². The van der Waals surface area contributed by atoms with Gasteiger partial charge in [-0.1, -0.05) is 18.2 Å². The molecule has 0 bridgehead atoms. The second kappa shape index (κ2) is 6.83. The summed E-state index contributed by atoms with van der Waals surface area (Å²) in [5.74, 6) is -0.445. The van der Waals surface area contributed by atoms with Crippen LogP contribution in [-0.2, 0) is 18.3 Å². The summed E-state index contributed by atoms with van der Waals surface area (Å²) in [7, 11) is 1.97. The molecule has 0 fully saturated rings. The van der Waals surface area contributed by atoms with Crippen LogP contribution in [0, 0.1) is 13.8 Å². The Morgan fingerprint density at radius 3 is 2.69 bits per heavy atom. The number of H-pyrrole nitrogens is 2. The number of nitrogens with one attached hydrogen (secondary N) is 3. The van der Waals surface area contributed by atoms with E-state index in [1.54, 1.807) is 13.1 Å². The Balaban J connectivity index is 1.78. The van der Waals surface area contributed by atoms with Crippen LogP contribution in [0.25, 0.3) is 10.9 Å². The summed E-state index contributed by atoms with van der Waals surface area (Å²) in [5, 5.41) is 5.06. The Labute approximate surface area is 148 Å². The molecule has 1 aromatic carbocycles. The Kier molecular flexibility index (Phi) is 4.57. The molecule has 0 saturated heterocycles. The Hall–Kier alpha value is -3.42. The number of carbonyl (C=O) groups is 1. The minimum atomic E-state index is -0.596. The van der Waals surface area contributed by atoms with E-state index in [0.29, 0.717) is 5.69 Å². The summed E-state index contributed by atoms with van der Waals surface area (Å²) in [4.78, 5) is 39.6. The SMILES string of the molecule is Cc1[nH]c(=O)[nH]c(=O)c1CC(=O)N/N=C\c1c(C)n(C)c2ccccc12. The quantitative estimate of drug-likeness (QED) is 0.478. The van der Waals surface area contributed by atoms with Crippen molar-refractivity contribution in [2.45, 2.75) is 20.3 Å². The molecule has 0 aliphatic heterocycles. The summed E-state index contributed by atoms with van der Waals surface area (Å²) in [6.45, 7) is 3.55. The molecule has 1 amide bonds. The van der Waals surface area contributed by atoms with Gasteiger partial charge >= 0.3 is 5.69 Å². The number of nitrogens with zero attached hydrogens (tertiary/aromatic N) is 2. The van der Waals surface area contributed by atoms with Crippen LogP contribution >= 0.6 is 0 Å². The number of aromatic amines is 2. The van der Waals surface area contributed by atoms with E-state index in [1.165, 1.54) is 0 Å². The molecule has 8 nitrogen and oxygen atoms in total. The van der Waals surface area contributed by atoms with Crippen molar-refractivity contribution in [1.82, 2.24) is 20.0 Å². The highest BCUT2D eigenvalue weighted by Crippen LogP contribution is 2.22. The van der Waals surface area contributed by atoms with Crippen molar-refractivity contribution < 1.29 is 4.79 Å². The van der Waals surface area contributed by atoms with E-state index in [9.17, 15) is 14.4 Å². The highest BCUT2D eigenvalue weighted by molar-refractivity contribution is 6.01. The molecule has 0 radical (unpaired) electrons. The molecular weight excluding hydrogens is 334 g/mol. The number of para-hydroxylation sites is 1. The van der Waals surface area contributed by atoms with Crippen molar-refractivity contribution in [3.05, 3.63) is 67.6 Å². The van der Waals surface area contributed by atoms with E-state index in [1.807, 2.05) is 38.2 Å². The number of hydrogen-bond donors (Lipinski definition) is 3. The molecule has 0 atom stereocenters. The van der Waals surface area contributed by atoms with Gasteiger partial charge in [0.2, 0.25) is 5.91 Å². The van der Waals surface area contributed by atoms with E-state index in [2.05, 4.69) is 25.1 Å². The van der Waals surface area contributed by atoms with Crippen LogP contribution < -0.4 is 16.7 Å². The lowest BCUT2D eigenvalue weighted by molar-refractivity contribution is -0.120. The molecular formula is C18H19N5O3. The molecule has 0 spiro atoms. The van der Waals surface area contributed by atoms with Crippen LogP contribution in [0.2, 0.25) is 0 Å². The first-order valence-corrected chi connectivity index (χ1v) is 8.06. The number of amides is 1. The van der Waals surface area contributed by atoms with Crippen LogP contribution in [0.4, 0.5) is 0 Å². The summed E-state index contributed by atoms with van der Waals surface area (Å²) in [6.07, 6.45) is 1.42. The fourth-order valence-corrected chi connectivity index (χ4v) is 2.92. The van der Waals surface area contributed by atoms with Crippen molar-refractivity contribution >= 4 is 23.0 Å². The van der Waals surface area contributed by atoms with Gasteiger partial charge in [-0.2, -0.15) is 5.10 Å². The molecule has 0 unspecified atom stereocenters. The monoisotopic (exact) mass is 353 g/mol. The average Bonchev–Trinajstić information content (AvgIpc) is 2.83. The maximum absolute atomic E-state index is 12.1. The van der Waals surface area contributed by atoms with Crippen LogP contribution in [-0.4, -0.2) is 26.7 Å². The fraction of sp³-hybridized carbons (Fsp3) is 0.222. The minimum absolute atomic E-state index is 0.177. The van der Waals surface area contributed by atoms with Gasteiger partial charge in [-0.15, -0.1) is 0 Å². The first-order chi connectivity index (χ1) is 12.4. The molecule has 2 heterocycles. The molecule has 3 rings (SSSR count). The first-order valence-electron chi connectivity index (χ1n) is 8.06. The molecule has 3 N–H and O–H groups in total. The number of aromatic nitrogens is 3. The summed E-state index contributed by atoms with van der Waals surface area (Å²) < 4.78 is 2.06. The third-order valence-electron chi connectivity index (χ3n) is 4.42. The number of carbonyl (C=O) groups excluding carboxylic acids is 1. The van der Waals surface area contributed by atoms with Gasteiger partial charge in [0.1, 0.15) is 0 Å². The topological polar surface area (TPSA) is 112 Å². The summed E-state index contributed by atoms with van der Waals surface area (Å²) >= 11 is 0. The van der Waals surface area contributed by atoms with Gasteiger partial charge in [-0.05, 0) is 19.9 Å². The predicted octanol–water partition coefficient (Wildman–Crippen LogP) is 0.865. The number of rotatable bonds is 4. The van der Waals surface area contributed by atoms with Crippen molar-refractivity contribution in [2.24, 2.45) is 12.1 Å². The highest BCUT2D eigenvalue weighted by Gasteiger charge is 2.12. The first kappa shape index (κ1) is 17.4. The Morgan fingerprint density at radius 2 is 1.96 bits per heavy atom. The third-order valence-corrected chi connectivity index (χ3v) is 4.42. The lowest BCUT2D eigenvalue weighted by atomic mass is 10.1. The van der Waals surface area contributed by atoms with E-state index in [4.69, 9.17) is 0 Å². The van der Waals surface area contributed by atoms with Gasteiger partial charge in [-0.25, -0.2) is 10.2 Å². The zero-order valence-corrected chi connectivity index (χ0v) is 14.7. The number of aryl methyl sites for hydroxylation is 2. The van der Waals surface area contributed by atoms with E-state index < -0.39 is 17.2 Å². The molecule has 0 aliphatic carbocycles. The highest BCUT2D eigenvalue weighted by atomic mass is 16.2. The second-order valence-electron chi connectivity index (χ2n) is 6.06. The van der Waals surface area contributed by atoms with E-state index >= 15 is 0 Å². The lowest BCUT2D eigenvalue weighted by Crippen LogP contribution is -2.30. The zero-order valence-electron chi connectivity index (χ0n) is 14.7. The maximum atomic E-state index is 12.1. The fourth-order valence-electron chi connectivity index (χ4n) is 2.92. The number of benzene rings is 1. The number of fused-ring (bicyclic) bond motifs is 1. The van der Waals surface area contributed by atoms with Crippen molar-refractivity contribution in [2.75, 3.05) is 0 Å². The lowest BCUT2D eigenvalue weighted by Gasteiger charge is -2.03. The normalized spacial score (nSPS) is 11.3. The predicted molar refractivity (Wildman–Crippen MR) is 99.5 cm³/mol. The van der Waals surface area contributed by atoms with E-state index in [0.717, 1.165) is 22.2 Å². The van der Waals surface area contributed by atoms with Crippen LogP contribution in [0.1, 0.15) is 22.5 Å². The standard InChI is InChI=1S/C18H19N5O3/c1-10-13(17(25)21-18(26)20-10)8-16(24)22-19-9-14-11(2)23(3)15-7-5-4-6-12(14)15/h4-7,9H,8H2,1-3H3,(H,22,24)(H2,20,21,25,26)/b19-9-. The third kappa shape index (κ3) is 3.21. The molecule has 2 aromatic heterocycles. The Morgan fingerprint density at radius 1 is 1.23 bits per heavy atom. The molecule has 0 saturated carbocycles. The molecule has 8 heteroatoms. The van der Waals surface area contributed by atoms with Gasteiger partial charge in [0.15, 0.2) is 0 Å². The average molecular weight is 353 g/mol. The van der Waals surface area contributed by atoms with Crippen LogP contribution in [0.5, 0.6) is 0 Å². The zero-order chi connectivity index (χ0) is 18.8. The van der Waals surface area contributed by atoms with Gasteiger partial charge in [0, 0.05) is 40.5 Å². The largest absolute Gasteiger partial charge is 0.347 e. The maximum Gasteiger partial charge on any atom is 0.325 e. The second-order valence-corrected chi connectivity index (χ2v) is 6.06. The Bertz CT molecular complexity index is 1130. The number of hydrogen-bond acceptors (Lipinski definition) is 4. The minimum Gasteiger partial charge on any atom is -0.347 e. The van der Waals surface area contributed by atoms with Crippen molar-refractivity contribution in [1.29, 1.82) is 0 Å². The molecule has 0 aliphatic rings. The van der Waals surface area contributed by atoms with Crippen LogP contribution in [0.3, 0.4) is 0 Å². The van der Waals surface area contributed by atoms with Gasteiger partial charge in [0.05, 0.1) is 12.6 Å². The van der Waals surface area contributed by atoms with Crippen LogP contribution in [0.15, 0.2) is 39.0 Å². The number of hydrazone groups is 1. The van der Waals surface area contributed by atoms with E-state index in [-0.39, 0.29) is 12.0 Å².